The molecule has 1 spiro atoms. The van der Waals surface area contributed by atoms with Crippen LogP contribution < -0.4 is 15.0 Å². The van der Waals surface area contributed by atoms with E-state index in [-0.39, 0.29) is 17.6 Å². The van der Waals surface area contributed by atoms with Gasteiger partial charge in [0.25, 0.3) is 0 Å². The van der Waals surface area contributed by atoms with E-state index in [2.05, 4.69) is 15.3 Å². The third-order valence-electron chi connectivity index (χ3n) is 9.11. The van der Waals surface area contributed by atoms with Crippen molar-refractivity contribution in [1.29, 1.82) is 0 Å². The Hall–Kier alpha value is -4.32. The van der Waals surface area contributed by atoms with Gasteiger partial charge >= 0.3 is 18.3 Å². The van der Waals surface area contributed by atoms with Crippen LogP contribution in [0.15, 0.2) is 30.6 Å². The summed E-state index contributed by atoms with van der Waals surface area (Å²) in [4.78, 5) is 50.6. The SMILES string of the molecule is Cc1c(-c2cc3cc(NC(=O)OC4CC5(CCN(C(=O)OC(C)(C)C)CC5)C4)ncc3cc2Cl)cnc2c1N(C(=O)OC(C)(C)C)CCO2. The molecule has 4 heterocycles. The predicted molar refractivity (Wildman–Crippen MR) is 186 cm³/mol. The first-order valence-corrected chi connectivity index (χ1v) is 17.1. The fourth-order valence-corrected chi connectivity index (χ4v) is 7.00. The lowest BCUT2D eigenvalue weighted by Gasteiger charge is -2.51. The number of carbonyl (C=O) groups excluding carboxylic acids is 3. The summed E-state index contributed by atoms with van der Waals surface area (Å²) in [5, 5.41) is 4.83. The van der Waals surface area contributed by atoms with Gasteiger partial charge in [0.15, 0.2) is 0 Å². The minimum atomic E-state index is -0.662. The van der Waals surface area contributed by atoms with E-state index in [0.717, 1.165) is 47.6 Å². The number of amides is 3. The minimum absolute atomic E-state index is 0.0834. The molecule has 12 nitrogen and oxygen atoms in total. The van der Waals surface area contributed by atoms with Crippen LogP contribution in [0.5, 0.6) is 5.88 Å². The lowest BCUT2D eigenvalue weighted by atomic mass is 9.61. The van der Waals surface area contributed by atoms with Crippen molar-refractivity contribution in [2.75, 3.05) is 36.5 Å². The van der Waals surface area contributed by atoms with Gasteiger partial charge in [0.2, 0.25) is 5.88 Å². The monoisotopic (exact) mass is 693 g/mol. The van der Waals surface area contributed by atoms with Crippen molar-refractivity contribution in [2.45, 2.75) is 91.5 Å². The van der Waals surface area contributed by atoms with Crippen molar-refractivity contribution in [1.82, 2.24) is 14.9 Å². The molecule has 13 heteroatoms. The third kappa shape index (κ3) is 7.64. The molecule has 3 aliphatic rings. The zero-order valence-corrected chi connectivity index (χ0v) is 29.9. The fraction of sp³-hybridized carbons (Fsp3) is 0.528. The molecule has 2 aromatic heterocycles. The number of rotatable bonds is 3. The van der Waals surface area contributed by atoms with Crippen molar-refractivity contribution < 1.29 is 33.3 Å². The van der Waals surface area contributed by atoms with Crippen LogP contribution in [0.1, 0.15) is 72.8 Å². The Morgan fingerprint density at radius 2 is 1.57 bits per heavy atom. The molecule has 1 aliphatic carbocycles. The zero-order valence-electron chi connectivity index (χ0n) is 29.1. The van der Waals surface area contributed by atoms with Crippen molar-refractivity contribution in [3.8, 4) is 17.0 Å². The number of likely N-dealkylation sites (tertiary alicyclic amines) is 1. The van der Waals surface area contributed by atoms with Gasteiger partial charge in [0.05, 0.1) is 6.54 Å². The normalized spacial score (nSPS) is 17.6. The van der Waals surface area contributed by atoms with Crippen LogP contribution in [0.2, 0.25) is 5.02 Å². The molecule has 6 rings (SSSR count). The summed E-state index contributed by atoms with van der Waals surface area (Å²) in [5.41, 5.74) is 1.64. The van der Waals surface area contributed by atoms with Gasteiger partial charge in [0, 0.05) is 47.0 Å². The van der Waals surface area contributed by atoms with Crippen LogP contribution in [0, 0.1) is 12.3 Å². The minimum Gasteiger partial charge on any atom is -0.474 e. The molecule has 1 saturated heterocycles. The molecule has 1 saturated carbocycles. The summed E-state index contributed by atoms with van der Waals surface area (Å²) in [5.74, 6) is 0.698. The van der Waals surface area contributed by atoms with Crippen LogP contribution in [0.3, 0.4) is 0 Å². The highest BCUT2D eigenvalue weighted by molar-refractivity contribution is 6.34. The molecule has 2 fully saturated rings. The number of nitrogens with zero attached hydrogens (tertiary/aromatic N) is 4. The highest BCUT2D eigenvalue weighted by Crippen LogP contribution is 2.50. The van der Waals surface area contributed by atoms with E-state index >= 15 is 0 Å². The van der Waals surface area contributed by atoms with Gasteiger partial charge in [-0.15, -0.1) is 0 Å². The first-order valence-electron chi connectivity index (χ1n) is 16.7. The van der Waals surface area contributed by atoms with Gasteiger partial charge in [-0.1, -0.05) is 11.6 Å². The predicted octanol–water partition coefficient (Wildman–Crippen LogP) is 8.12. The molecule has 0 radical (unpaired) electrons. The van der Waals surface area contributed by atoms with Crippen molar-refractivity contribution in [3.05, 3.63) is 41.2 Å². The smallest absolute Gasteiger partial charge is 0.415 e. The number of benzene rings is 1. The molecule has 3 amide bonds. The molecule has 1 aromatic carbocycles. The number of halogens is 1. The molecular weight excluding hydrogens is 650 g/mol. The van der Waals surface area contributed by atoms with Crippen LogP contribution in [-0.2, 0) is 14.2 Å². The number of ether oxygens (including phenoxy) is 4. The van der Waals surface area contributed by atoms with E-state index in [9.17, 15) is 14.4 Å². The number of hydrogen-bond donors (Lipinski definition) is 1. The van der Waals surface area contributed by atoms with E-state index in [4.69, 9.17) is 30.5 Å². The van der Waals surface area contributed by atoms with E-state index in [0.29, 0.717) is 54.2 Å². The van der Waals surface area contributed by atoms with Crippen molar-refractivity contribution in [3.63, 3.8) is 0 Å². The summed E-state index contributed by atoms with van der Waals surface area (Å²) in [6, 6.07) is 5.49. The number of nitrogens with one attached hydrogen (secondary N) is 1. The Labute approximate surface area is 291 Å². The third-order valence-corrected chi connectivity index (χ3v) is 9.42. The van der Waals surface area contributed by atoms with Gasteiger partial charge in [-0.25, -0.2) is 24.4 Å². The number of pyridine rings is 2. The molecule has 0 bridgehead atoms. The molecule has 262 valence electrons. The fourth-order valence-electron chi connectivity index (χ4n) is 6.72. The lowest BCUT2D eigenvalue weighted by molar-refractivity contribution is -0.0717. The average Bonchev–Trinajstić information content (AvgIpc) is 2.99. The molecule has 3 aromatic rings. The molecule has 1 N–H and O–H groups in total. The Morgan fingerprint density at radius 3 is 2.24 bits per heavy atom. The maximum absolute atomic E-state index is 13.1. The van der Waals surface area contributed by atoms with E-state index < -0.39 is 23.4 Å². The van der Waals surface area contributed by atoms with Gasteiger partial charge in [0.1, 0.15) is 35.4 Å². The lowest BCUT2D eigenvalue weighted by Crippen LogP contribution is -2.52. The quantitative estimate of drug-likeness (QED) is 0.270. The van der Waals surface area contributed by atoms with Crippen LogP contribution >= 0.6 is 11.6 Å². The maximum atomic E-state index is 13.1. The summed E-state index contributed by atoms with van der Waals surface area (Å²) in [6.45, 7) is 14.9. The standard InChI is InChI=1S/C36H44ClN5O7/c1-21-26(20-39-30-29(21)42(12-13-46-30)33(45)49-35(5,6)7)25-14-22-16-28(38-19-23(22)15-27(25)37)40-31(43)47-24-17-36(18-24)8-10-41(11-9-36)32(44)48-34(2,3)4/h14-16,19-20,24H,8-13,17-18H2,1-7H3,(H,38,40,43). The van der Waals surface area contributed by atoms with Crippen LogP contribution in [-0.4, -0.2) is 76.7 Å². The van der Waals surface area contributed by atoms with Crippen molar-refractivity contribution >= 4 is 52.2 Å². The highest BCUT2D eigenvalue weighted by atomic mass is 35.5. The number of fused-ring (bicyclic) bond motifs is 2. The van der Waals surface area contributed by atoms with Gasteiger partial charge in [-0.05, 0) is 109 Å². The van der Waals surface area contributed by atoms with Crippen LogP contribution in [0.4, 0.5) is 25.9 Å². The van der Waals surface area contributed by atoms with Gasteiger partial charge in [-0.2, -0.15) is 0 Å². The second kappa shape index (κ2) is 12.9. The largest absolute Gasteiger partial charge is 0.474 e. The number of carbonyl (C=O) groups is 3. The van der Waals surface area contributed by atoms with Crippen molar-refractivity contribution in [2.24, 2.45) is 5.41 Å². The number of hydrogen-bond acceptors (Lipinski definition) is 9. The molecule has 0 atom stereocenters. The average molecular weight is 694 g/mol. The summed E-state index contributed by atoms with van der Waals surface area (Å²) < 4.78 is 22.7. The number of piperidine rings is 1. The molecular formula is C36H44ClN5O7. The Morgan fingerprint density at radius 1 is 0.898 bits per heavy atom. The Bertz CT molecular complexity index is 1780. The summed E-state index contributed by atoms with van der Waals surface area (Å²) in [7, 11) is 0. The number of anilines is 2. The van der Waals surface area contributed by atoms with Gasteiger partial charge < -0.3 is 23.8 Å². The van der Waals surface area contributed by atoms with E-state index in [1.54, 1.807) is 28.3 Å². The second-order valence-corrected chi connectivity index (χ2v) is 15.6. The Kier molecular flexibility index (Phi) is 9.06. The Balaban J connectivity index is 1.12. The first kappa shape index (κ1) is 34.5. The summed E-state index contributed by atoms with van der Waals surface area (Å²) in [6.07, 6.45) is 5.06. The zero-order chi connectivity index (χ0) is 35.3. The topological polar surface area (TPSA) is 132 Å². The molecule has 49 heavy (non-hydrogen) atoms. The van der Waals surface area contributed by atoms with Crippen LogP contribution in [0.25, 0.3) is 21.9 Å². The highest BCUT2D eigenvalue weighted by Gasteiger charge is 2.48. The molecule has 0 unspecified atom stereocenters. The van der Waals surface area contributed by atoms with E-state index in [1.165, 1.54) is 0 Å². The second-order valence-electron chi connectivity index (χ2n) is 15.2. The first-order chi connectivity index (χ1) is 23.0. The maximum Gasteiger partial charge on any atom is 0.415 e. The molecule has 2 aliphatic heterocycles. The number of aromatic nitrogens is 2. The summed E-state index contributed by atoms with van der Waals surface area (Å²) >= 11 is 6.79. The van der Waals surface area contributed by atoms with Gasteiger partial charge in [-0.3, -0.25) is 10.2 Å². The van der Waals surface area contributed by atoms with E-state index in [1.807, 2.05) is 60.6 Å².